The minimum Gasteiger partial charge on any atom is -0.459 e. The van der Waals surface area contributed by atoms with Crippen LogP contribution in [-0.4, -0.2) is 210 Å². The van der Waals surface area contributed by atoms with Crippen LogP contribution >= 0.6 is 0 Å². The number of rotatable bonds is 17. The molecule has 2 aromatic heterocycles. The third-order valence-corrected chi connectivity index (χ3v) is 17.2. The number of cyclic esters (lactones) is 1. The first-order valence-corrected chi connectivity index (χ1v) is 27.4. The molecule has 3 saturated heterocycles. The maximum atomic E-state index is 15.0. The maximum Gasteiger partial charge on any atom is 0.309 e. The Labute approximate surface area is 454 Å². The minimum atomic E-state index is -1.83. The lowest BCUT2D eigenvalue weighted by atomic mass is 9.68. The summed E-state index contributed by atoms with van der Waals surface area (Å²) in [7, 11) is 8.37. The van der Waals surface area contributed by atoms with Crippen molar-refractivity contribution < 1.29 is 67.9 Å². The number of carbonyl (C=O) groups is 1. The van der Waals surface area contributed by atoms with E-state index in [1.807, 2.05) is 68.9 Å². The molecule has 3 aliphatic rings. The van der Waals surface area contributed by atoms with Crippen molar-refractivity contribution in [2.45, 2.75) is 204 Å². The summed E-state index contributed by atoms with van der Waals surface area (Å²) in [5, 5.41) is 77.4. The van der Waals surface area contributed by atoms with Gasteiger partial charge in [-0.1, -0.05) is 50.3 Å². The van der Waals surface area contributed by atoms with Gasteiger partial charge in [-0.3, -0.25) is 4.79 Å². The monoisotopic (exact) mass is 1090 g/mol. The number of likely N-dealkylation sites (N-methyl/N-ethyl adjacent to an activating group) is 2. The largest absolute Gasteiger partial charge is 0.459 e. The van der Waals surface area contributed by atoms with Gasteiger partial charge in [-0.05, 0) is 104 Å². The predicted molar refractivity (Wildman–Crippen MR) is 282 cm³/mol. The number of ether oxygens (including phenoxy) is 7. The number of halogens is 1. The molecule has 0 radical (unpaired) electrons. The van der Waals surface area contributed by atoms with E-state index in [9.17, 15) is 34.7 Å². The van der Waals surface area contributed by atoms with E-state index in [0.717, 1.165) is 11.3 Å². The molecular weight excluding hydrogens is 1000 g/mol. The summed E-state index contributed by atoms with van der Waals surface area (Å²) in [6, 6.07) is 5.53. The van der Waals surface area contributed by atoms with Gasteiger partial charge in [0.1, 0.15) is 54.5 Å². The molecule has 0 spiro atoms. The van der Waals surface area contributed by atoms with E-state index in [1.54, 1.807) is 65.7 Å². The van der Waals surface area contributed by atoms with E-state index in [4.69, 9.17) is 33.2 Å². The Morgan fingerprint density at radius 1 is 0.922 bits per heavy atom. The lowest BCUT2D eigenvalue weighted by Crippen LogP contribution is -2.62. The highest BCUT2D eigenvalue weighted by Gasteiger charge is 2.55. The molecule has 3 aliphatic heterocycles. The van der Waals surface area contributed by atoms with Crippen molar-refractivity contribution in [1.82, 2.24) is 39.8 Å². The second-order valence-electron chi connectivity index (χ2n) is 23.3. The van der Waals surface area contributed by atoms with E-state index in [-0.39, 0.29) is 25.2 Å². The van der Waals surface area contributed by atoms with Gasteiger partial charge in [0, 0.05) is 71.5 Å². The van der Waals surface area contributed by atoms with Crippen molar-refractivity contribution in [3.63, 3.8) is 0 Å². The molecule has 3 aromatic rings. The zero-order valence-electron chi connectivity index (χ0n) is 48.1. The zero-order valence-corrected chi connectivity index (χ0v) is 48.1. The van der Waals surface area contributed by atoms with Crippen LogP contribution < -0.4 is 0 Å². The van der Waals surface area contributed by atoms with Crippen LogP contribution in [0.4, 0.5) is 4.39 Å². The summed E-state index contributed by atoms with van der Waals surface area (Å²) >= 11 is 0. The number of aliphatic hydroxyl groups excluding tert-OH is 3. The summed E-state index contributed by atoms with van der Waals surface area (Å²) in [6.45, 7) is 18.2. The van der Waals surface area contributed by atoms with Gasteiger partial charge in [0.25, 0.3) is 0 Å². The fourth-order valence-corrected chi connectivity index (χ4v) is 12.5. The van der Waals surface area contributed by atoms with Crippen molar-refractivity contribution in [1.29, 1.82) is 0 Å². The Kier molecular flexibility index (Phi) is 21.4. The molecule has 20 atom stereocenters. The zero-order chi connectivity index (χ0) is 56.9. The smallest absolute Gasteiger partial charge is 0.309 e. The molecule has 77 heavy (non-hydrogen) atoms. The van der Waals surface area contributed by atoms with Crippen molar-refractivity contribution in [2.75, 3.05) is 55.2 Å². The van der Waals surface area contributed by atoms with Crippen molar-refractivity contribution in [3.8, 4) is 5.69 Å². The number of benzene rings is 1. The molecule has 3 fully saturated rings. The number of methoxy groups -OCH3 is 3. The first-order valence-electron chi connectivity index (χ1n) is 27.4. The van der Waals surface area contributed by atoms with E-state index in [2.05, 4.69) is 20.6 Å². The average Bonchev–Trinajstić information content (AvgIpc) is 4.08. The van der Waals surface area contributed by atoms with Gasteiger partial charge in [0.2, 0.25) is 0 Å². The molecule has 0 amide bonds. The molecule has 0 aliphatic carbocycles. The van der Waals surface area contributed by atoms with Crippen molar-refractivity contribution in [3.05, 3.63) is 53.6 Å². The summed E-state index contributed by atoms with van der Waals surface area (Å²) in [5.41, 5.74) is -1.75. The summed E-state index contributed by atoms with van der Waals surface area (Å²) < 4.78 is 61.3. The van der Waals surface area contributed by atoms with Crippen LogP contribution in [0.5, 0.6) is 0 Å². The number of alkyl halides is 1. The Morgan fingerprint density at radius 2 is 1.60 bits per heavy atom. The minimum absolute atomic E-state index is 0.167. The number of carbonyl (C=O) groups excluding carboxylic acids is 1. The highest BCUT2D eigenvalue weighted by atomic mass is 19.1. The number of hydrogen-bond donors (Lipinski definition) is 5. The lowest BCUT2D eigenvalue weighted by Gasteiger charge is -2.51. The van der Waals surface area contributed by atoms with Crippen LogP contribution in [0.3, 0.4) is 0 Å². The predicted octanol–water partition coefficient (Wildman–Crippen LogP) is 4.00. The number of nitrogens with zero attached hydrogens (tertiary/aromatic N) is 8. The third-order valence-electron chi connectivity index (χ3n) is 17.2. The quantitative estimate of drug-likeness (QED) is 0.120. The fourth-order valence-electron chi connectivity index (χ4n) is 12.5. The average molecular weight is 1090 g/mol. The molecule has 0 bridgehead atoms. The number of aromatic nitrogens is 6. The fraction of sp³-hybridized carbons (Fsp3) is 0.800. The van der Waals surface area contributed by atoms with Gasteiger partial charge < -0.3 is 68.5 Å². The lowest BCUT2D eigenvalue weighted by molar-refractivity contribution is -0.302. The van der Waals surface area contributed by atoms with Gasteiger partial charge in [0.15, 0.2) is 6.29 Å². The third kappa shape index (κ3) is 14.1. The molecular formula is C55H91FN8O13. The van der Waals surface area contributed by atoms with E-state index in [1.165, 1.54) is 25.8 Å². The number of aliphatic hydroxyl groups is 5. The topological polar surface area (TPSA) is 251 Å². The number of esters is 1. The second-order valence-corrected chi connectivity index (χ2v) is 23.3. The molecule has 0 saturated carbocycles. The molecule has 21 nitrogen and oxygen atoms in total. The van der Waals surface area contributed by atoms with Crippen LogP contribution in [0.25, 0.3) is 5.69 Å². The molecule has 5 N–H and O–H groups in total. The highest BCUT2D eigenvalue weighted by Crippen LogP contribution is 2.45. The summed E-state index contributed by atoms with van der Waals surface area (Å²) in [6.07, 6.45) is -4.61. The van der Waals surface area contributed by atoms with E-state index >= 15 is 0 Å². The second kappa shape index (κ2) is 26.3. The molecule has 5 heterocycles. The highest BCUT2D eigenvalue weighted by molar-refractivity contribution is 5.73. The van der Waals surface area contributed by atoms with Crippen LogP contribution in [0.1, 0.15) is 124 Å². The standard InChI is InChI=1S/C55H91FN8O13/c1-16-44-55(10,70)48(66)35(6)62(12)27-31(2)24-53(8,69)50(33(4)45(34(5)51(68)76-44)43-25-54(9,73-15)49(67)36(7)75-43)77-52-46(65)41(23-32(3)74-52)61(11)22-21-38-28-64(60-57-38)42(26-56)47(72-14)37-17-19-40(20-18-37)63-29-39(30-71-13)58-59-63/h17-20,28-29,31-36,41-50,52,65-67,69-70H,16,21-27,30H2,1-15H3/t31-,32-,33+,34-,35-,36+,41+,42-,43-,44-,45?,46-,47-,48-,49+,50-,52+,53-,54-,55-/m1/s1. The van der Waals surface area contributed by atoms with Gasteiger partial charge >= 0.3 is 5.97 Å². The van der Waals surface area contributed by atoms with E-state index < -0.39 is 127 Å². The Balaban J connectivity index is 1.25. The Hall–Kier alpha value is -3.62. The van der Waals surface area contributed by atoms with Gasteiger partial charge in [-0.25, -0.2) is 13.8 Å². The van der Waals surface area contributed by atoms with Crippen LogP contribution in [0.15, 0.2) is 36.7 Å². The van der Waals surface area contributed by atoms with Gasteiger partial charge in [-0.2, -0.15) is 0 Å². The molecule has 22 heteroatoms. The van der Waals surface area contributed by atoms with E-state index in [0.29, 0.717) is 43.9 Å². The normalized spacial score (nSPS) is 38.2. The summed E-state index contributed by atoms with van der Waals surface area (Å²) in [5.74, 6) is -3.28. The summed E-state index contributed by atoms with van der Waals surface area (Å²) in [4.78, 5) is 18.6. The van der Waals surface area contributed by atoms with Crippen LogP contribution in [0.2, 0.25) is 0 Å². The van der Waals surface area contributed by atoms with Crippen LogP contribution in [-0.2, 0) is 51.0 Å². The first kappa shape index (κ1) is 62.6. The van der Waals surface area contributed by atoms with Gasteiger partial charge in [0.05, 0.1) is 65.7 Å². The molecule has 1 unspecified atom stereocenters. The molecule has 6 rings (SSSR count). The number of hydrogen-bond acceptors (Lipinski definition) is 19. The van der Waals surface area contributed by atoms with Crippen molar-refractivity contribution in [2.24, 2.45) is 23.7 Å². The first-order chi connectivity index (χ1) is 36.2. The van der Waals surface area contributed by atoms with Gasteiger partial charge in [-0.15, -0.1) is 10.2 Å². The molecule has 1 aromatic carbocycles. The SMILES string of the molecule is CC[C@H]1OC(=O)[C@H](C)C([C@H]2C[C@@](C)(OC)[C@@H](O)[C@H](C)O2)[C@H](C)[C@@H](O[C@@H]2O[C@H](C)C[C@H](N(C)CCc3cn([C@H](CF)[C@H](OC)c4ccc(-n5cc(COC)nn5)cc4)nn3)[C@H]2O)[C@](C)(O)C[C@@H](C)CN(C)[C@H](C)[C@@H](O)[C@]1(C)O. The van der Waals surface area contributed by atoms with Crippen LogP contribution in [0, 0.1) is 23.7 Å². The molecule has 436 valence electrons. The maximum absolute atomic E-state index is 15.0. The Bertz CT molecular complexity index is 2310. The van der Waals surface area contributed by atoms with Crippen molar-refractivity contribution >= 4 is 5.97 Å². The Morgan fingerprint density at radius 3 is 2.22 bits per heavy atom.